The third kappa shape index (κ3) is 3.51. The minimum atomic E-state index is -0.446. The lowest BCUT2D eigenvalue weighted by Gasteiger charge is -2.27. The Hall–Kier alpha value is -3.44. The van der Waals surface area contributed by atoms with E-state index >= 15 is 0 Å². The molecule has 5 nitrogen and oxygen atoms in total. The van der Waals surface area contributed by atoms with Crippen molar-refractivity contribution in [3.63, 3.8) is 0 Å². The Bertz CT molecular complexity index is 1190. The molecule has 156 valence electrons. The monoisotopic (exact) mass is 433 g/mol. The van der Waals surface area contributed by atoms with Crippen LogP contribution in [0.2, 0.25) is 5.02 Å². The summed E-state index contributed by atoms with van der Waals surface area (Å²) >= 11 is 6.10. The fourth-order valence-corrected chi connectivity index (χ4v) is 4.20. The van der Waals surface area contributed by atoms with Crippen molar-refractivity contribution in [1.82, 2.24) is 4.90 Å². The number of aliphatic hydroxyl groups excluding tert-OH is 1. The molecule has 3 aromatic rings. The van der Waals surface area contributed by atoms with Crippen molar-refractivity contribution in [2.24, 2.45) is 0 Å². The second kappa shape index (κ2) is 7.67. The van der Waals surface area contributed by atoms with Gasteiger partial charge in [0.15, 0.2) is 17.3 Å². The summed E-state index contributed by atoms with van der Waals surface area (Å²) in [5, 5.41) is 11.5. The number of hydrogen-bond acceptors (Lipinski definition) is 4. The molecule has 5 rings (SSSR count). The highest BCUT2D eigenvalue weighted by atomic mass is 35.5. The van der Waals surface area contributed by atoms with E-state index in [2.05, 4.69) is 0 Å². The van der Waals surface area contributed by atoms with Crippen LogP contribution < -0.4 is 9.47 Å². The maximum absolute atomic E-state index is 13.2. The molecule has 0 unspecified atom stereocenters. The Balaban J connectivity index is 1.57. The molecule has 2 aliphatic heterocycles. The van der Waals surface area contributed by atoms with Crippen molar-refractivity contribution >= 4 is 23.1 Å². The van der Waals surface area contributed by atoms with E-state index in [-0.39, 0.29) is 12.6 Å². The predicted octanol–water partition coefficient (Wildman–Crippen LogP) is 5.43. The van der Waals surface area contributed by atoms with Gasteiger partial charge in [0.25, 0.3) is 5.91 Å². The lowest BCUT2D eigenvalue weighted by molar-refractivity contribution is -0.130. The number of carbonyl (C=O) groups is 1. The van der Waals surface area contributed by atoms with E-state index < -0.39 is 11.9 Å². The number of carbonyl (C=O) groups excluding carboxylic acids is 1. The van der Waals surface area contributed by atoms with E-state index in [0.717, 1.165) is 22.3 Å². The molecule has 1 amide bonds. The van der Waals surface area contributed by atoms with Crippen LogP contribution in [0, 0.1) is 6.92 Å². The molecule has 0 saturated heterocycles. The molecule has 0 fully saturated rings. The van der Waals surface area contributed by atoms with E-state index in [1.807, 2.05) is 61.5 Å². The zero-order valence-electron chi connectivity index (χ0n) is 16.8. The molecule has 2 heterocycles. The molecule has 0 saturated carbocycles. The fraction of sp³-hybridized carbons (Fsp3) is 0.160. The van der Waals surface area contributed by atoms with Crippen molar-refractivity contribution in [3.05, 3.63) is 99.8 Å². The molecule has 0 spiro atoms. The topological polar surface area (TPSA) is 59.0 Å². The van der Waals surface area contributed by atoms with Crippen LogP contribution in [0.3, 0.4) is 0 Å². The third-order valence-electron chi connectivity index (χ3n) is 5.64. The number of aliphatic hydroxyl groups is 1. The molecule has 0 radical (unpaired) electrons. The predicted molar refractivity (Wildman–Crippen MR) is 118 cm³/mol. The summed E-state index contributed by atoms with van der Waals surface area (Å²) < 4.78 is 10.9. The molecule has 31 heavy (non-hydrogen) atoms. The first kappa shape index (κ1) is 19.5. The van der Waals surface area contributed by atoms with Crippen molar-refractivity contribution in [1.29, 1.82) is 0 Å². The number of ether oxygens (including phenoxy) is 2. The summed E-state index contributed by atoms with van der Waals surface area (Å²) in [4.78, 5) is 14.9. The summed E-state index contributed by atoms with van der Waals surface area (Å²) in [5.41, 5.74) is 4.26. The Labute approximate surface area is 185 Å². The van der Waals surface area contributed by atoms with Crippen LogP contribution >= 0.6 is 11.6 Å². The number of nitrogens with zero attached hydrogens (tertiary/aromatic N) is 1. The average Bonchev–Trinajstić information content (AvgIpc) is 3.33. The Morgan fingerprint density at radius 1 is 1.00 bits per heavy atom. The fourth-order valence-electron chi connectivity index (χ4n) is 4.07. The van der Waals surface area contributed by atoms with Gasteiger partial charge in [0, 0.05) is 17.1 Å². The van der Waals surface area contributed by atoms with E-state index in [4.69, 9.17) is 21.1 Å². The number of halogens is 1. The minimum Gasteiger partial charge on any atom is -0.503 e. The van der Waals surface area contributed by atoms with E-state index in [1.165, 1.54) is 0 Å². The quantitative estimate of drug-likeness (QED) is 0.596. The number of aryl methyl sites for hydroxylation is 1. The number of amides is 1. The zero-order valence-corrected chi connectivity index (χ0v) is 17.6. The average molecular weight is 434 g/mol. The van der Waals surface area contributed by atoms with Crippen LogP contribution in [-0.4, -0.2) is 22.7 Å². The van der Waals surface area contributed by atoms with Crippen LogP contribution in [0.25, 0.3) is 5.57 Å². The molecule has 0 aliphatic carbocycles. The van der Waals surface area contributed by atoms with Crippen LogP contribution in [0.1, 0.15) is 28.3 Å². The highest BCUT2D eigenvalue weighted by Gasteiger charge is 2.41. The van der Waals surface area contributed by atoms with Gasteiger partial charge in [-0.2, -0.15) is 0 Å². The van der Waals surface area contributed by atoms with E-state index in [0.29, 0.717) is 28.6 Å². The van der Waals surface area contributed by atoms with Crippen molar-refractivity contribution in [2.45, 2.75) is 19.5 Å². The number of benzene rings is 3. The number of hydrogen-bond donors (Lipinski definition) is 1. The Morgan fingerprint density at radius 2 is 1.71 bits per heavy atom. The van der Waals surface area contributed by atoms with Gasteiger partial charge in [-0.15, -0.1) is 0 Å². The molecule has 1 atom stereocenters. The normalized spacial score (nSPS) is 17.5. The smallest absolute Gasteiger partial charge is 0.290 e. The standard InChI is InChI=1S/C25H20ClNO4/c1-15-2-5-17(6-3-15)22-23(18-7-9-19(26)10-8-18)27(25(29)24(22)28)13-16-4-11-20-21(12-16)31-14-30-20/h2-12,23,28H,13-14H2,1H3/t23-/m1/s1. The van der Waals surface area contributed by atoms with Gasteiger partial charge in [-0.3, -0.25) is 4.79 Å². The number of fused-ring (bicyclic) bond motifs is 1. The van der Waals surface area contributed by atoms with Crippen LogP contribution in [0.15, 0.2) is 72.5 Å². The SMILES string of the molecule is Cc1ccc(C2=C(O)C(=O)N(Cc3ccc4c(c3)OCO4)[C@@H]2c2ccc(Cl)cc2)cc1. The maximum atomic E-state index is 13.2. The maximum Gasteiger partial charge on any atom is 0.290 e. The molecular weight excluding hydrogens is 414 g/mol. The van der Waals surface area contributed by atoms with Gasteiger partial charge in [-0.1, -0.05) is 59.6 Å². The minimum absolute atomic E-state index is 0.189. The number of rotatable bonds is 4. The van der Waals surface area contributed by atoms with E-state index in [1.54, 1.807) is 17.0 Å². The molecule has 1 N–H and O–H groups in total. The molecule has 0 bridgehead atoms. The second-order valence-electron chi connectivity index (χ2n) is 7.70. The first-order valence-electron chi connectivity index (χ1n) is 9.96. The van der Waals surface area contributed by atoms with Gasteiger partial charge in [0.1, 0.15) is 0 Å². The summed E-state index contributed by atoms with van der Waals surface area (Å²) in [7, 11) is 0. The molecule has 0 aromatic heterocycles. The van der Waals surface area contributed by atoms with Crippen LogP contribution in [0.4, 0.5) is 0 Å². The summed E-state index contributed by atoms with van der Waals surface area (Å²) in [6.07, 6.45) is 0. The largest absolute Gasteiger partial charge is 0.503 e. The van der Waals surface area contributed by atoms with Crippen molar-refractivity contribution < 1.29 is 19.4 Å². The van der Waals surface area contributed by atoms with Crippen LogP contribution in [0.5, 0.6) is 11.5 Å². The second-order valence-corrected chi connectivity index (χ2v) is 8.14. The summed E-state index contributed by atoms with van der Waals surface area (Å²) in [5.74, 6) is 0.702. The highest BCUT2D eigenvalue weighted by molar-refractivity contribution is 6.30. The zero-order chi connectivity index (χ0) is 21.5. The molecular formula is C25H20ClNO4. The van der Waals surface area contributed by atoms with Gasteiger partial charge in [-0.25, -0.2) is 0 Å². The molecule has 3 aromatic carbocycles. The van der Waals surface area contributed by atoms with Gasteiger partial charge >= 0.3 is 0 Å². The first-order chi connectivity index (χ1) is 15.0. The van der Waals surface area contributed by atoms with Gasteiger partial charge in [0.2, 0.25) is 6.79 Å². The van der Waals surface area contributed by atoms with Crippen LogP contribution in [-0.2, 0) is 11.3 Å². The first-order valence-corrected chi connectivity index (χ1v) is 10.3. The molecule has 2 aliphatic rings. The summed E-state index contributed by atoms with van der Waals surface area (Å²) in [6.45, 7) is 2.50. The van der Waals surface area contributed by atoms with Gasteiger partial charge in [-0.05, 0) is 47.9 Å². The van der Waals surface area contributed by atoms with E-state index in [9.17, 15) is 9.90 Å². The Morgan fingerprint density at radius 3 is 2.45 bits per heavy atom. The lowest BCUT2D eigenvalue weighted by Crippen LogP contribution is -2.29. The highest BCUT2D eigenvalue weighted by Crippen LogP contribution is 2.44. The lowest BCUT2D eigenvalue weighted by atomic mass is 9.93. The van der Waals surface area contributed by atoms with Crippen molar-refractivity contribution in [2.75, 3.05) is 6.79 Å². The van der Waals surface area contributed by atoms with Gasteiger partial charge < -0.3 is 19.5 Å². The molecule has 6 heteroatoms. The Kier molecular flexibility index (Phi) is 4.83. The third-order valence-corrected chi connectivity index (χ3v) is 5.89. The summed E-state index contributed by atoms with van der Waals surface area (Å²) in [6, 6.07) is 20.3. The van der Waals surface area contributed by atoms with Gasteiger partial charge in [0.05, 0.1) is 6.04 Å². The van der Waals surface area contributed by atoms with Crippen molar-refractivity contribution in [3.8, 4) is 11.5 Å².